The van der Waals surface area contributed by atoms with Crippen molar-refractivity contribution >= 4 is 17.6 Å². The number of ether oxygens (including phenoxy) is 2. The largest absolute Gasteiger partial charge is 0.481 e. The van der Waals surface area contributed by atoms with Crippen LogP contribution in [0.2, 0.25) is 0 Å². The summed E-state index contributed by atoms with van der Waals surface area (Å²) in [7, 11) is 0. The summed E-state index contributed by atoms with van der Waals surface area (Å²) in [4.78, 5) is 24.4. The molecule has 0 aliphatic rings. The van der Waals surface area contributed by atoms with E-state index in [1.807, 2.05) is 38.1 Å². The Kier molecular flexibility index (Phi) is 7.41. The molecule has 0 aliphatic heterocycles. The molecule has 0 saturated heterocycles. The Morgan fingerprint density at radius 2 is 1.74 bits per heavy atom. The maximum Gasteiger partial charge on any atom is 0.338 e. The number of hydrogen-bond acceptors (Lipinski definition) is 4. The van der Waals surface area contributed by atoms with Crippen molar-refractivity contribution in [2.75, 3.05) is 11.9 Å². The maximum atomic E-state index is 12.6. The number of aryl methyl sites for hydroxylation is 2. The lowest BCUT2D eigenvalue weighted by molar-refractivity contribution is -0.122. The molecule has 0 spiro atoms. The van der Waals surface area contributed by atoms with Crippen molar-refractivity contribution in [2.24, 2.45) is 0 Å². The van der Waals surface area contributed by atoms with Crippen molar-refractivity contribution in [3.63, 3.8) is 0 Å². The SMILES string of the molecule is CCOC(=O)c1ccc(NC(=O)[C@@H](CC)Oc2ccc(CC)cc2)c(C)c1. The molecule has 2 aromatic rings. The van der Waals surface area contributed by atoms with Crippen LogP contribution < -0.4 is 10.1 Å². The first-order valence-electron chi connectivity index (χ1n) is 9.32. The van der Waals surface area contributed by atoms with Crippen molar-refractivity contribution < 1.29 is 19.1 Å². The fraction of sp³-hybridized carbons (Fsp3) is 0.364. The highest BCUT2D eigenvalue weighted by molar-refractivity contribution is 5.96. The van der Waals surface area contributed by atoms with E-state index in [9.17, 15) is 9.59 Å². The van der Waals surface area contributed by atoms with Crippen LogP contribution in [0.15, 0.2) is 42.5 Å². The fourth-order valence-electron chi connectivity index (χ4n) is 2.65. The van der Waals surface area contributed by atoms with E-state index in [4.69, 9.17) is 9.47 Å². The molecule has 0 radical (unpaired) electrons. The third-order valence-electron chi connectivity index (χ3n) is 4.27. The first-order chi connectivity index (χ1) is 13.0. The van der Waals surface area contributed by atoms with Gasteiger partial charge in [-0.2, -0.15) is 0 Å². The van der Waals surface area contributed by atoms with Gasteiger partial charge in [0.05, 0.1) is 12.2 Å². The molecule has 0 heterocycles. The second-order valence-electron chi connectivity index (χ2n) is 6.25. The molecule has 1 N–H and O–H groups in total. The highest BCUT2D eigenvalue weighted by Gasteiger charge is 2.19. The van der Waals surface area contributed by atoms with Crippen LogP contribution in [0.1, 0.15) is 48.7 Å². The number of rotatable bonds is 8. The van der Waals surface area contributed by atoms with E-state index in [2.05, 4.69) is 12.2 Å². The van der Waals surface area contributed by atoms with Crippen molar-refractivity contribution in [1.29, 1.82) is 0 Å². The number of hydrogen-bond donors (Lipinski definition) is 1. The van der Waals surface area contributed by atoms with Gasteiger partial charge in [-0.05, 0) is 68.1 Å². The Balaban J connectivity index is 2.06. The zero-order valence-corrected chi connectivity index (χ0v) is 16.4. The molecule has 0 unspecified atom stereocenters. The van der Waals surface area contributed by atoms with Gasteiger partial charge in [-0.15, -0.1) is 0 Å². The average Bonchev–Trinajstić information content (AvgIpc) is 2.68. The first kappa shape index (κ1) is 20.5. The number of carbonyl (C=O) groups excluding carboxylic acids is 2. The number of anilines is 1. The van der Waals surface area contributed by atoms with Gasteiger partial charge in [0.1, 0.15) is 5.75 Å². The van der Waals surface area contributed by atoms with Crippen LogP contribution in [0, 0.1) is 6.92 Å². The quantitative estimate of drug-likeness (QED) is 0.694. The van der Waals surface area contributed by atoms with Crippen LogP contribution in [-0.2, 0) is 16.0 Å². The van der Waals surface area contributed by atoms with E-state index in [0.29, 0.717) is 30.0 Å². The van der Waals surface area contributed by atoms with Crippen LogP contribution in [0.25, 0.3) is 0 Å². The number of nitrogens with one attached hydrogen (secondary N) is 1. The van der Waals surface area contributed by atoms with Crippen LogP contribution >= 0.6 is 0 Å². The molecule has 0 fully saturated rings. The summed E-state index contributed by atoms with van der Waals surface area (Å²) in [6.07, 6.45) is 0.905. The molecule has 5 nitrogen and oxygen atoms in total. The van der Waals surface area contributed by atoms with Crippen LogP contribution in [-0.4, -0.2) is 24.6 Å². The van der Waals surface area contributed by atoms with E-state index >= 15 is 0 Å². The highest BCUT2D eigenvalue weighted by Crippen LogP contribution is 2.20. The Morgan fingerprint density at radius 3 is 2.30 bits per heavy atom. The van der Waals surface area contributed by atoms with E-state index in [-0.39, 0.29) is 11.9 Å². The summed E-state index contributed by atoms with van der Waals surface area (Å²) >= 11 is 0. The molecule has 5 heteroatoms. The minimum atomic E-state index is -0.596. The van der Waals surface area contributed by atoms with Gasteiger partial charge < -0.3 is 14.8 Å². The molecule has 0 aliphatic carbocycles. The smallest absolute Gasteiger partial charge is 0.338 e. The van der Waals surface area contributed by atoms with Crippen LogP contribution in [0.3, 0.4) is 0 Å². The summed E-state index contributed by atoms with van der Waals surface area (Å²) in [5.74, 6) is 0.0800. The number of carbonyl (C=O) groups is 2. The zero-order chi connectivity index (χ0) is 19.8. The first-order valence-corrected chi connectivity index (χ1v) is 9.32. The molecule has 1 amide bonds. The Morgan fingerprint density at radius 1 is 1.04 bits per heavy atom. The lowest BCUT2D eigenvalue weighted by Gasteiger charge is -2.18. The molecule has 144 valence electrons. The summed E-state index contributed by atoms with van der Waals surface area (Å²) in [5.41, 5.74) is 3.12. The molecule has 2 rings (SSSR count). The molecular formula is C22H27NO4. The van der Waals surface area contributed by atoms with Crippen LogP contribution in [0.4, 0.5) is 5.69 Å². The van der Waals surface area contributed by atoms with E-state index in [1.54, 1.807) is 25.1 Å². The van der Waals surface area contributed by atoms with Crippen molar-refractivity contribution in [1.82, 2.24) is 0 Å². The highest BCUT2D eigenvalue weighted by atomic mass is 16.5. The van der Waals surface area contributed by atoms with Gasteiger partial charge in [0, 0.05) is 5.69 Å². The number of amides is 1. The minimum absolute atomic E-state index is 0.218. The third-order valence-corrected chi connectivity index (χ3v) is 4.27. The van der Waals surface area contributed by atoms with E-state index < -0.39 is 6.10 Å². The summed E-state index contributed by atoms with van der Waals surface area (Å²) in [5, 5.41) is 2.89. The van der Waals surface area contributed by atoms with E-state index in [0.717, 1.165) is 12.0 Å². The summed E-state index contributed by atoms with van der Waals surface area (Å²) in [6.45, 7) is 7.92. The maximum absolute atomic E-state index is 12.6. The molecule has 1 atom stereocenters. The van der Waals surface area contributed by atoms with Crippen LogP contribution in [0.5, 0.6) is 5.75 Å². The topological polar surface area (TPSA) is 64.6 Å². The molecule has 0 bridgehead atoms. The summed E-state index contributed by atoms with van der Waals surface area (Å²) < 4.78 is 10.8. The molecule has 27 heavy (non-hydrogen) atoms. The molecular weight excluding hydrogens is 342 g/mol. The van der Waals surface area contributed by atoms with Gasteiger partial charge in [0.15, 0.2) is 6.10 Å². The van der Waals surface area contributed by atoms with Gasteiger partial charge in [-0.3, -0.25) is 4.79 Å². The lowest BCUT2D eigenvalue weighted by Crippen LogP contribution is -2.32. The molecule has 2 aromatic carbocycles. The van der Waals surface area contributed by atoms with Crippen molar-refractivity contribution in [2.45, 2.75) is 46.6 Å². The van der Waals surface area contributed by atoms with Crippen molar-refractivity contribution in [3.8, 4) is 5.75 Å². The minimum Gasteiger partial charge on any atom is -0.481 e. The van der Waals surface area contributed by atoms with Gasteiger partial charge in [0.2, 0.25) is 0 Å². The predicted molar refractivity (Wildman–Crippen MR) is 106 cm³/mol. The number of benzene rings is 2. The second-order valence-corrected chi connectivity index (χ2v) is 6.25. The Bertz CT molecular complexity index is 783. The van der Waals surface area contributed by atoms with Gasteiger partial charge in [-0.25, -0.2) is 4.79 Å². The fourth-order valence-corrected chi connectivity index (χ4v) is 2.65. The normalized spacial score (nSPS) is 11.6. The summed E-state index contributed by atoms with van der Waals surface area (Å²) in [6, 6.07) is 12.8. The van der Waals surface area contributed by atoms with Crippen molar-refractivity contribution in [3.05, 3.63) is 59.2 Å². The average molecular weight is 369 g/mol. The monoisotopic (exact) mass is 369 g/mol. The molecule has 0 aromatic heterocycles. The zero-order valence-electron chi connectivity index (χ0n) is 16.4. The third kappa shape index (κ3) is 5.58. The van der Waals surface area contributed by atoms with E-state index in [1.165, 1.54) is 5.56 Å². The van der Waals surface area contributed by atoms with Gasteiger partial charge >= 0.3 is 5.97 Å². The lowest BCUT2D eigenvalue weighted by atomic mass is 10.1. The predicted octanol–water partition coefficient (Wildman–Crippen LogP) is 4.53. The van der Waals surface area contributed by atoms with Gasteiger partial charge in [-0.1, -0.05) is 26.0 Å². The Labute approximate surface area is 160 Å². The second kappa shape index (κ2) is 9.76. The standard InChI is InChI=1S/C22H27NO4/c1-5-16-8-11-18(12-9-16)27-20(6-2)21(24)23-19-13-10-17(14-15(19)4)22(25)26-7-3/h8-14,20H,5-7H2,1-4H3,(H,23,24)/t20-/m1/s1. The van der Waals surface area contributed by atoms with Gasteiger partial charge in [0.25, 0.3) is 5.91 Å². The number of esters is 1. The molecule has 0 saturated carbocycles. The Hall–Kier alpha value is -2.82.